The second kappa shape index (κ2) is 6.90. The highest BCUT2D eigenvalue weighted by atomic mass is 16.6. The monoisotopic (exact) mass is 334 g/mol. The first kappa shape index (κ1) is 17.8. The van der Waals surface area contributed by atoms with Gasteiger partial charge in [0.2, 0.25) is 0 Å². The molecule has 7 heteroatoms. The number of aliphatic carboxylic acids is 1. The van der Waals surface area contributed by atoms with Crippen LogP contribution in [0.2, 0.25) is 0 Å². The van der Waals surface area contributed by atoms with Crippen molar-refractivity contribution in [3.8, 4) is 0 Å². The third-order valence-corrected chi connectivity index (χ3v) is 3.47. The summed E-state index contributed by atoms with van der Waals surface area (Å²) in [6.07, 6.45) is -0.505. The number of fused-ring (bicyclic) bond motifs is 1. The van der Waals surface area contributed by atoms with Crippen molar-refractivity contribution >= 4 is 18.0 Å². The number of nitrogens with zero attached hydrogens (tertiary/aromatic N) is 1. The van der Waals surface area contributed by atoms with Gasteiger partial charge in [-0.3, -0.25) is 14.5 Å². The number of carboxylic acids is 1. The van der Waals surface area contributed by atoms with E-state index in [4.69, 9.17) is 9.84 Å². The minimum atomic E-state index is -0.961. The summed E-state index contributed by atoms with van der Waals surface area (Å²) in [6.45, 7) is 6.36. The molecular weight excluding hydrogens is 312 g/mol. The Morgan fingerprint density at radius 3 is 2.50 bits per heavy atom. The highest BCUT2D eigenvalue weighted by Gasteiger charge is 2.28. The second-order valence-electron chi connectivity index (χ2n) is 6.72. The molecule has 0 unspecified atom stereocenters. The topological polar surface area (TPSA) is 95.9 Å². The first-order valence-corrected chi connectivity index (χ1v) is 7.75. The summed E-state index contributed by atoms with van der Waals surface area (Å²) in [6, 6.07) is 5.22. The predicted molar refractivity (Wildman–Crippen MR) is 86.5 cm³/mol. The molecular formula is C17H22N2O5. The van der Waals surface area contributed by atoms with Gasteiger partial charge >= 0.3 is 12.1 Å². The van der Waals surface area contributed by atoms with E-state index < -0.39 is 11.6 Å². The largest absolute Gasteiger partial charge is 0.481 e. The third kappa shape index (κ3) is 4.71. The molecule has 1 aliphatic heterocycles. The molecule has 1 heterocycles. The van der Waals surface area contributed by atoms with Gasteiger partial charge in [-0.15, -0.1) is 0 Å². The predicted octanol–water partition coefficient (Wildman–Crippen LogP) is 2.14. The molecule has 0 atom stereocenters. The van der Waals surface area contributed by atoms with Crippen LogP contribution in [0.4, 0.5) is 4.79 Å². The van der Waals surface area contributed by atoms with Gasteiger partial charge in [0.15, 0.2) is 0 Å². The zero-order valence-electron chi connectivity index (χ0n) is 14.1. The Kier molecular flexibility index (Phi) is 5.11. The molecule has 0 bridgehead atoms. The molecule has 2 rings (SSSR count). The average Bonchev–Trinajstić information content (AvgIpc) is 2.88. The Bertz CT molecular complexity index is 663. The number of amides is 2. The van der Waals surface area contributed by atoms with E-state index in [1.165, 1.54) is 0 Å². The fraction of sp³-hybridized carbons (Fsp3) is 0.471. The SMILES string of the molecule is CC(C)(C)OC(=O)N1Cc2ccc(C(=O)NCCC(=O)O)cc2C1. The summed E-state index contributed by atoms with van der Waals surface area (Å²) in [5.74, 6) is -1.29. The Hall–Kier alpha value is -2.57. The summed E-state index contributed by atoms with van der Waals surface area (Å²) in [7, 11) is 0. The lowest BCUT2D eigenvalue weighted by Crippen LogP contribution is -2.33. The maximum atomic E-state index is 12.1. The van der Waals surface area contributed by atoms with Crippen LogP contribution in [0.5, 0.6) is 0 Å². The van der Waals surface area contributed by atoms with E-state index in [2.05, 4.69) is 5.32 Å². The van der Waals surface area contributed by atoms with Crippen molar-refractivity contribution in [2.24, 2.45) is 0 Å². The van der Waals surface area contributed by atoms with E-state index in [0.717, 1.165) is 11.1 Å². The number of carboxylic acid groups (broad SMARTS) is 1. The molecule has 0 saturated carbocycles. The highest BCUT2D eigenvalue weighted by molar-refractivity contribution is 5.94. The molecule has 0 saturated heterocycles. The molecule has 1 aliphatic rings. The maximum Gasteiger partial charge on any atom is 0.410 e. The molecule has 0 aromatic heterocycles. The third-order valence-electron chi connectivity index (χ3n) is 3.47. The van der Waals surface area contributed by atoms with Crippen LogP contribution >= 0.6 is 0 Å². The Morgan fingerprint density at radius 2 is 1.88 bits per heavy atom. The number of benzene rings is 1. The Balaban J connectivity index is 1.99. The van der Waals surface area contributed by atoms with Crippen molar-refractivity contribution in [1.29, 1.82) is 0 Å². The van der Waals surface area contributed by atoms with Gasteiger partial charge in [0.1, 0.15) is 5.60 Å². The molecule has 0 aliphatic carbocycles. The van der Waals surface area contributed by atoms with Crippen LogP contribution in [0.3, 0.4) is 0 Å². The molecule has 1 aromatic rings. The first-order valence-electron chi connectivity index (χ1n) is 7.75. The van der Waals surface area contributed by atoms with E-state index in [9.17, 15) is 14.4 Å². The van der Waals surface area contributed by atoms with Crippen LogP contribution in [-0.2, 0) is 22.6 Å². The highest BCUT2D eigenvalue weighted by Crippen LogP contribution is 2.25. The lowest BCUT2D eigenvalue weighted by Gasteiger charge is -2.24. The minimum Gasteiger partial charge on any atom is -0.481 e. The van der Waals surface area contributed by atoms with Gasteiger partial charge in [-0.25, -0.2) is 4.79 Å². The maximum absolute atomic E-state index is 12.1. The van der Waals surface area contributed by atoms with Crippen LogP contribution < -0.4 is 5.32 Å². The Morgan fingerprint density at radius 1 is 1.21 bits per heavy atom. The zero-order valence-corrected chi connectivity index (χ0v) is 14.1. The summed E-state index contributed by atoms with van der Waals surface area (Å²) in [4.78, 5) is 36.2. The van der Waals surface area contributed by atoms with Gasteiger partial charge in [0.25, 0.3) is 5.91 Å². The van der Waals surface area contributed by atoms with E-state index in [1.807, 2.05) is 26.8 Å². The van der Waals surface area contributed by atoms with E-state index in [0.29, 0.717) is 18.7 Å². The van der Waals surface area contributed by atoms with Crippen LogP contribution in [0.15, 0.2) is 18.2 Å². The van der Waals surface area contributed by atoms with Crippen molar-refractivity contribution in [2.75, 3.05) is 6.54 Å². The molecule has 1 aromatic carbocycles. The summed E-state index contributed by atoms with van der Waals surface area (Å²) in [5.41, 5.74) is 1.76. The standard InChI is InChI=1S/C17H22N2O5/c1-17(2,3)24-16(23)19-9-12-5-4-11(8-13(12)10-19)15(22)18-7-6-14(20)21/h4-5,8H,6-7,9-10H2,1-3H3,(H,18,22)(H,20,21). The van der Waals surface area contributed by atoms with E-state index in [-0.39, 0.29) is 25.0 Å². The van der Waals surface area contributed by atoms with Gasteiger partial charge < -0.3 is 15.2 Å². The van der Waals surface area contributed by atoms with Crippen molar-refractivity contribution in [3.05, 3.63) is 34.9 Å². The smallest absolute Gasteiger partial charge is 0.410 e. The van der Waals surface area contributed by atoms with Crippen molar-refractivity contribution in [2.45, 2.75) is 45.9 Å². The number of hydrogen-bond acceptors (Lipinski definition) is 4. The summed E-state index contributed by atoms with van der Waals surface area (Å²) < 4.78 is 5.36. The second-order valence-corrected chi connectivity index (χ2v) is 6.72. The number of nitrogens with one attached hydrogen (secondary N) is 1. The number of ether oxygens (including phenoxy) is 1. The molecule has 7 nitrogen and oxygen atoms in total. The molecule has 2 N–H and O–H groups in total. The summed E-state index contributed by atoms with van der Waals surface area (Å²) in [5, 5.41) is 11.1. The van der Waals surface area contributed by atoms with Crippen molar-refractivity contribution in [1.82, 2.24) is 10.2 Å². The van der Waals surface area contributed by atoms with E-state index >= 15 is 0 Å². The van der Waals surface area contributed by atoms with Gasteiger partial charge in [0.05, 0.1) is 6.42 Å². The summed E-state index contributed by atoms with van der Waals surface area (Å²) >= 11 is 0. The Labute approximate surface area is 140 Å². The van der Waals surface area contributed by atoms with Gasteiger partial charge in [-0.05, 0) is 44.0 Å². The van der Waals surface area contributed by atoms with E-state index in [1.54, 1.807) is 17.0 Å². The van der Waals surface area contributed by atoms with Crippen LogP contribution in [0.1, 0.15) is 48.7 Å². The van der Waals surface area contributed by atoms with Gasteiger partial charge in [-0.1, -0.05) is 6.07 Å². The molecule has 0 radical (unpaired) electrons. The molecule has 0 spiro atoms. The first-order chi connectivity index (χ1) is 11.2. The van der Waals surface area contributed by atoms with Crippen LogP contribution in [0, 0.1) is 0 Å². The van der Waals surface area contributed by atoms with Gasteiger partial charge in [-0.2, -0.15) is 0 Å². The fourth-order valence-corrected chi connectivity index (χ4v) is 2.38. The lowest BCUT2D eigenvalue weighted by atomic mass is 10.1. The molecule has 130 valence electrons. The molecule has 0 fully saturated rings. The number of rotatable bonds is 4. The number of carbonyl (C=O) groups excluding carboxylic acids is 2. The lowest BCUT2D eigenvalue weighted by molar-refractivity contribution is -0.136. The normalized spacial score (nSPS) is 13.4. The van der Waals surface area contributed by atoms with Crippen molar-refractivity contribution in [3.63, 3.8) is 0 Å². The van der Waals surface area contributed by atoms with Gasteiger partial charge in [0, 0.05) is 25.2 Å². The number of carbonyl (C=O) groups is 3. The van der Waals surface area contributed by atoms with Crippen LogP contribution in [-0.4, -0.2) is 40.1 Å². The molecule has 2 amide bonds. The number of hydrogen-bond donors (Lipinski definition) is 2. The fourth-order valence-electron chi connectivity index (χ4n) is 2.38. The quantitative estimate of drug-likeness (QED) is 0.879. The minimum absolute atomic E-state index is 0.0787. The molecule has 24 heavy (non-hydrogen) atoms. The zero-order chi connectivity index (χ0) is 17.9. The van der Waals surface area contributed by atoms with Crippen LogP contribution in [0.25, 0.3) is 0 Å². The average molecular weight is 334 g/mol. The van der Waals surface area contributed by atoms with Crippen molar-refractivity contribution < 1.29 is 24.2 Å².